The molecule has 0 aliphatic rings. The van der Waals surface area contributed by atoms with Crippen LogP contribution in [-0.4, -0.2) is 17.8 Å². The standard InChI is InChI=1S/C17H17NO/c18-14(11-19)10-13-9-12-5-1-2-6-15(12)17-8-4-3-7-16(13)17/h1-9,14,19H,10-11,18H2. The summed E-state index contributed by atoms with van der Waals surface area (Å²) in [4.78, 5) is 0. The number of benzene rings is 3. The fourth-order valence-corrected chi connectivity index (χ4v) is 2.65. The largest absolute Gasteiger partial charge is 0.395 e. The predicted octanol–water partition coefficient (Wildman–Crippen LogP) is 2.86. The van der Waals surface area contributed by atoms with Crippen molar-refractivity contribution in [2.75, 3.05) is 6.61 Å². The number of aliphatic hydroxyl groups is 1. The molecule has 0 aliphatic carbocycles. The first-order valence-corrected chi connectivity index (χ1v) is 6.55. The molecular formula is C17H17NO. The van der Waals surface area contributed by atoms with Gasteiger partial charge in [-0.3, -0.25) is 0 Å². The van der Waals surface area contributed by atoms with Crippen LogP contribution in [0.25, 0.3) is 21.5 Å². The zero-order valence-electron chi connectivity index (χ0n) is 10.7. The second-order valence-corrected chi connectivity index (χ2v) is 4.95. The molecule has 2 nitrogen and oxygen atoms in total. The third-order valence-electron chi connectivity index (χ3n) is 3.57. The van der Waals surface area contributed by atoms with Crippen LogP contribution >= 0.6 is 0 Å². The topological polar surface area (TPSA) is 46.2 Å². The van der Waals surface area contributed by atoms with E-state index in [-0.39, 0.29) is 12.6 Å². The minimum absolute atomic E-state index is 0.0150. The first-order chi connectivity index (χ1) is 9.29. The number of aliphatic hydroxyl groups excluding tert-OH is 1. The van der Waals surface area contributed by atoms with Crippen molar-refractivity contribution in [3.8, 4) is 0 Å². The van der Waals surface area contributed by atoms with Gasteiger partial charge in [0.05, 0.1) is 6.61 Å². The van der Waals surface area contributed by atoms with Gasteiger partial charge in [0.25, 0.3) is 0 Å². The Balaban J connectivity index is 2.29. The zero-order valence-corrected chi connectivity index (χ0v) is 10.7. The van der Waals surface area contributed by atoms with Crippen molar-refractivity contribution in [1.29, 1.82) is 0 Å². The quantitative estimate of drug-likeness (QED) is 0.703. The maximum Gasteiger partial charge on any atom is 0.0585 e. The van der Waals surface area contributed by atoms with E-state index in [4.69, 9.17) is 10.8 Å². The molecule has 1 unspecified atom stereocenters. The molecule has 0 bridgehead atoms. The predicted molar refractivity (Wildman–Crippen MR) is 80.2 cm³/mol. The molecule has 0 amide bonds. The molecule has 0 aromatic heterocycles. The van der Waals surface area contributed by atoms with Gasteiger partial charge in [-0.1, -0.05) is 54.6 Å². The van der Waals surface area contributed by atoms with Gasteiger partial charge in [-0.2, -0.15) is 0 Å². The van der Waals surface area contributed by atoms with Crippen molar-refractivity contribution in [3.63, 3.8) is 0 Å². The summed E-state index contributed by atoms with van der Waals surface area (Å²) in [6.45, 7) is 0.0150. The lowest BCUT2D eigenvalue weighted by Gasteiger charge is -2.13. The molecule has 0 saturated carbocycles. The summed E-state index contributed by atoms with van der Waals surface area (Å²) in [7, 11) is 0. The van der Waals surface area contributed by atoms with Crippen molar-refractivity contribution in [2.45, 2.75) is 12.5 Å². The monoisotopic (exact) mass is 251 g/mol. The Morgan fingerprint density at radius 2 is 1.53 bits per heavy atom. The lowest BCUT2D eigenvalue weighted by molar-refractivity contribution is 0.265. The minimum atomic E-state index is -0.204. The normalized spacial score (nSPS) is 12.9. The highest BCUT2D eigenvalue weighted by Gasteiger charge is 2.09. The summed E-state index contributed by atoms with van der Waals surface area (Å²) in [6.07, 6.45) is 0.696. The molecule has 0 radical (unpaired) electrons. The van der Waals surface area contributed by atoms with E-state index in [1.807, 2.05) is 12.1 Å². The van der Waals surface area contributed by atoms with Gasteiger partial charge in [-0.15, -0.1) is 0 Å². The summed E-state index contributed by atoms with van der Waals surface area (Å²) >= 11 is 0. The number of rotatable bonds is 3. The number of hydrogen-bond acceptors (Lipinski definition) is 2. The maximum absolute atomic E-state index is 9.16. The SMILES string of the molecule is NC(CO)Cc1cc2ccccc2c2ccccc12. The van der Waals surface area contributed by atoms with Gasteiger partial charge in [0, 0.05) is 6.04 Å². The first-order valence-electron chi connectivity index (χ1n) is 6.55. The smallest absolute Gasteiger partial charge is 0.0585 e. The molecule has 0 saturated heterocycles. The highest BCUT2D eigenvalue weighted by atomic mass is 16.3. The van der Waals surface area contributed by atoms with Gasteiger partial charge < -0.3 is 10.8 Å². The molecule has 3 aromatic rings. The van der Waals surface area contributed by atoms with E-state index in [0.717, 1.165) is 0 Å². The second-order valence-electron chi connectivity index (χ2n) is 4.95. The Morgan fingerprint density at radius 1 is 0.895 bits per heavy atom. The van der Waals surface area contributed by atoms with E-state index in [2.05, 4.69) is 42.5 Å². The Bertz CT molecular complexity index is 721. The molecule has 0 spiro atoms. The Hall–Kier alpha value is -1.90. The fraction of sp³-hybridized carbons (Fsp3) is 0.176. The third-order valence-corrected chi connectivity index (χ3v) is 3.57. The molecule has 2 heteroatoms. The van der Waals surface area contributed by atoms with E-state index < -0.39 is 0 Å². The molecule has 0 heterocycles. The molecule has 96 valence electrons. The van der Waals surface area contributed by atoms with E-state index in [1.165, 1.54) is 27.1 Å². The van der Waals surface area contributed by atoms with Crippen LogP contribution in [0.1, 0.15) is 5.56 Å². The van der Waals surface area contributed by atoms with E-state index in [1.54, 1.807) is 0 Å². The second kappa shape index (κ2) is 5.00. The summed E-state index contributed by atoms with van der Waals surface area (Å²) in [5.74, 6) is 0. The molecule has 3 rings (SSSR count). The summed E-state index contributed by atoms with van der Waals surface area (Å²) in [5.41, 5.74) is 7.09. The van der Waals surface area contributed by atoms with E-state index in [9.17, 15) is 0 Å². The molecule has 0 aliphatic heterocycles. The molecule has 3 N–H and O–H groups in total. The average molecular weight is 251 g/mol. The first kappa shape index (κ1) is 12.2. The van der Waals surface area contributed by atoms with Gasteiger partial charge in [-0.25, -0.2) is 0 Å². The fourth-order valence-electron chi connectivity index (χ4n) is 2.65. The van der Waals surface area contributed by atoms with Crippen LogP contribution in [-0.2, 0) is 6.42 Å². The summed E-state index contributed by atoms with van der Waals surface area (Å²) < 4.78 is 0. The highest BCUT2D eigenvalue weighted by Crippen LogP contribution is 2.29. The minimum Gasteiger partial charge on any atom is -0.395 e. The van der Waals surface area contributed by atoms with Gasteiger partial charge in [-0.05, 0) is 33.5 Å². The highest BCUT2D eigenvalue weighted by molar-refractivity contribution is 6.08. The molecular weight excluding hydrogens is 234 g/mol. The van der Waals surface area contributed by atoms with Crippen LogP contribution < -0.4 is 5.73 Å². The van der Waals surface area contributed by atoms with Crippen LogP contribution in [0.4, 0.5) is 0 Å². The van der Waals surface area contributed by atoms with Gasteiger partial charge in [0.2, 0.25) is 0 Å². The van der Waals surface area contributed by atoms with Crippen molar-refractivity contribution in [2.24, 2.45) is 5.73 Å². The van der Waals surface area contributed by atoms with Crippen molar-refractivity contribution in [1.82, 2.24) is 0 Å². The van der Waals surface area contributed by atoms with Crippen LogP contribution in [0, 0.1) is 0 Å². The molecule has 0 fully saturated rings. The van der Waals surface area contributed by atoms with Crippen LogP contribution in [0.2, 0.25) is 0 Å². The molecule has 1 atom stereocenters. The number of hydrogen-bond donors (Lipinski definition) is 2. The van der Waals surface area contributed by atoms with Crippen LogP contribution in [0.3, 0.4) is 0 Å². The Kier molecular flexibility index (Phi) is 3.20. The van der Waals surface area contributed by atoms with Crippen molar-refractivity contribution in [3.05, 3.63) is 60.2 Å². The van der Waals surface area contributed by atoms with Gasteiger partial charge in [0.15, 0.2) is 0 Å². The molecule has 3 aromatic carbocycles. The van der Waals surface area contributed by atoms with Crippen LogP contribution in [0.15, 0.2) is 54.6 Å². The average Bonchev–Trinajstić information content (AvgIpc) is 2.47. The van der Waals surface area contributed by atoms with Crippen molar-refractivity contribution >= 4 is 21.5 Å². The van der Waals surface area contributed by atoms with Gasteiger partial charge >= 0.3 is 0 Å². The number of fused-ring (bicyclic) bond motifs is 3. The maximum atomic E-state index is 9.16. The van der Waals surface area contributed by atoms with Crippen LogP contribution in [0.5, 0.6) is 0 Å². The van der Waals surface area contributed by atoms with Crippen molar-refractivity contribution < 1.29 is 5.11 Å². The third kappa shape index (κ3) is 2.21. The van der Waals surface area contributed by atoms with E-state index >= 15 is 0 Å². The van der Waals surface area contributed by atoms with E-state index in [0.29, 0.717) is 6.42 Å². The van der Waals surface area contributed by atoms with Gasteiger partial charge in [0.1, 0.15) is 0 Å². The summed E-state index contributed by atoms with van der Waals surface area (Å²) in [5, 5.41) is 14.1. The lowest BCUT2D eigenvalue weighted by Crippen LogP contribution is -2.26. The Labute approximate surface area is 112 Å². The lowest BCUT2D eigenvalue weighted by atomic mass is 9.94. The molecule has 19 heavy (non-hydrogen) atoms. The number of nitrogens with two attached hydrogens (primary N) is 1. The summed E-state index contributed by atoms with van der Waals surface area (Å²) in [6, 6.07) is 18.7. The zero-order chi connectivity index (χ0) is 13.2. The Morgan fingerprint density at radius 3 is 2.26 bits per heavy atom.